The lowest BCUT2D eigenvalue weighted by atomic mass is 9.89. The molecule has 0 fully saturated rings. The second-order valence-electron chi connectivity index (χ2n) is 5.29. The van der Waals surface area contributed by atoms with Crippen molar-refractivity contribution in [2.45, 2.75) is 46.6 Å². The molecule has 0 aliphatic heterocycles. The van der Waals surface area contributed by atoms with Gasteiger partial charge in [0.25, 0.3) is 0 Å². The van der Waals surface area contributed by atoms with Crippen molar-refractivity contribution in [3.8, 4) is 0 Å². The van der Waals surface area contributed by atoms with Gasteiger partial charge >= 0.3 is 0 Å². The van der Waals surface area contributed by atoms with Crippen LogP contribution in [0.25, 0.3) is 0 Å². The van der Waals surface area contributed by atoms with Crippen LogP contribution in [-0.2, 0) is 0 Å². The average Bonchev–Trinajstić information content (AvgIpc) is 2.02. The molecule has 0 unspecified atom stereocenters. The molecule has 0 saturated carbocycles. The van der Waals surface area contributed by atoms with Gasteiger partial charge in [0.05, 0.1) is 0 Å². The molecule has 0 bridgehead atoms. The van der Waals surface area contributed by atoms with Gasteiger partial charge in [-0.1, -0.05) is 20.8 Å². The second-order valence-corrected chi connectivity index (χ2v) is 5.29. The average molecular weight is 186 g/mol. The molecule has 2 heteroatoms. The van der Waals surface area contributed by atoms with Crippen LogP contribution in [0.1, 0.15) is 41.0 Å². The molecule has 0 radical (unpaired) electrons. The van der Waals surface area contributed by atoms with E-state index in [9.17, 15) is 0 Å². The smallest absolute Gasteiger partial charge is 0.0249 e. The van der Waals surface area contributed by atoms with E-state index in [4.69, 9.17) is 0 Å². The molecule has 0 aromatic rings. The van der Waals surface area contributed by atoms with Crippen molar-refractivity contribution in [1.82, 2.24) is 10.6 Å². The molecule has 0 amide bonds. The highest BCUT2D eigenvalue weighted by molar-refractivity contribution is 4.82. The highest BCUT2D eigenvalue weighted by Crippen LogP contribution is 2.19. The fraction of sp³-hybridized carbons (Fsp3) is 1.00. The summed E-state index contributed by atoms with van der Waals surface area (Å²) in [6, 6.07) is 0. The zero-order valence-electron chi connectivity index (χ0n) is 10.1. The topological polar surface area (TPSA) is 24.1 Å². The van der Waals surface area contributed by atoms with E-state index in [0.717, 1.165) is 13.1 Å². The maximum atomic E-state index is 3.59. The van der Waals surface area contributed by atoms with E-state index in [0.29, 0.717) is 5.41 Å². The minimum atomic E-state index is 0.196. The molecular formula is C11H26N2. The molecule has 0 rings (SSSR count). The van der Waals surface area contributed by atoms with E-state index in [1.807, 2.05) is 7.05 Å². The Balaban J connectivity index is 3.86. The third-order valence-electron chi connectivity index (χ3n) is 2.62. The number of rotatable bonds is 6. The Hall–Kier alpha value is -0.0800. The van der Waals surface area contributed by atoms with Gasteiger partial charge in [-0.2, -0.15) is 0 Å². The van der Waals surface area contributed by atoms with E-state index in [1.54, 1.807) is 0 Å². The van der Waals surface area contributed by atoms with Crippen LogP contribution in [0.3, 0.4) is 0 Å². The molecule has 2 N–H and O–H groups in total. The summed E-state index contributed by atoms with van der Waals surface area (Å²) in [6.45, 7) is 13.4. The Morgan fingerprint density at radius 1 is 1.00 bits per heavy atom. The van der Waals surface area contributed by atoms with Gasteiger partial charge < -0.3 is 10.6 Å². The highest BCUT2D eigenvalue weighted by Gasteiger charge is 2.21. The molecule has 0 saturated heterocycles. The Morgan fingerprint density at radius 2 is 1.54 bits per heavy atom. The molecule has 0 aliphatic rings. The first kappa shape index (κ1) is 12.9. The Labute approximate surface area is 83.5 Å². The van der Waals surface area contributed by atoms with Crippen LogP contribution in [0, 0.1) is 5.41 Å². The third kappa shape index (κ3) is 6.05. The van der Waals surface area contributed by atoms with Gasteiger partial charge in [-0.15, -0.1) is 0 Å². The Morgan fingerprint density at radius 3 is 1.92 bits per heavy atom. The molecule has 80 valence electrons. The molecule has 0 aliphatic carbocycles. The lowest BCUT2D eigenvalue weighted by molar-refractivity contribution is 0.269. The molecular weight excluding hydrogens is 160 g/mol. The lowest BCUT2D eigenvalue weighted by Crippen LogP contribution is -2.49. The summed E-state index contributed by atoms with van der Waals surface area (Å²) in [5.41, 5.74) is 0.603. The zero-order chi connectivity index (χ0) is 10.5. The van der Waals surface area contributed by atoms with Gasteiger partial charge in [-0.3, -0.25) is 0 Å². The van der Waals surface area contributed by atoms with Crippen LogP contribution in [-0.4, -0.2) is 25.7 Å². The molecule has 0 atom stereocenters. The van der Waals surface area contributed by atoms with Gasteiger partial charge in [0, 0.05) is 18.6 Å². The van der Waals surface area contributed by atoms with Crippen LogP contribution < -0.4 is 10.6 Å². The lowest BCUT2D eigenvalue weighted by Gasteiger charge is -2.32. The number of nitrogens with one attached hydrogen (secondary N) is 2. The second kappa shape index (κ2) is 4.97. The number of likely N-dealkylation sites (N-methyl/N-ethyl adjacent to an activating group) is 1. The first-order valence-electron chi connectivity index (χ1n) is 5.22. The van der Waals surface area contributed by atoms with Crippen molar-refractivity contribution < 1.29 is 0 Å². The van der Waals surface area contributed by atoms with E-state index in [2.05, 4.69) is 45.3 Å². The van der Waals surface area contributed by atoms with E-state index in [1.165, 1.54) is 6.42 Å². The maximum Gasteiger partial charge on any atom is 0.0249 e. The SMILES string of the molecule is CCC(C)(C)CNC(C)(C)CNC. The Kier molecular flexibility index (Phi) is 4.93. The highest BCUT2D eigenvalue weighted by atomic mass is 15.0. The minimum Gasteiger partial charge on any atom is -0.318 e. The van der Waals surface area contributed by atoms with Crippen LogP contribution in [0.4, 0.5) is 0 Å². The zero-order valence-corrected chi connectivity index (χ0v) is 10.1. The van der Waals surface area contributed by atoms with Crippen molar-refractivity contribution >= 4 is 0 Å². The fourth-order valence-corrected chi connectivity index (χ4v) is 1.11. The van der Waals surface area contributed by atoms with Crippen molar-refractivity contribution in [3.63, 3.8) is 0 Å². The van der Waals surface area contributed by atoms with Crippen molar-refractivity contribution in [1.29, 1.82) is 0 Å². The van der Waals surface area contributed by atoms with Crippen LogP contribution in [0.15, 0.2) is 0 Å². The molecule has 0 spiro atoms. The number of hydrogen-bond acceptors (Lipinski definition) is 2. The summed E-state index contributed by atoms with van der Waals surface area (Å²) in [5.74, 6) is 0. The third-order valence-corrected chi connectivity index (χ3v) is 2.62. The van der Waals surface area contributed by atoms with Gasteiger partial charge in [0.15, 0.2) is 0 Å². The standard InChI is InChI=1S/C11H26N2/c1-7-10(2,3)8-13-11(4,5)9-12-6/h12-13H,7-9H2,1-6H3. The van der Waals surface area contributed by atoms with Gasteiger partial charge in [-0.05, 0) is 32.7 Å². The summed E-state index contributed by atoms with van der Waals surface area (Å²) in [4.78, 5) is 0. The largest absolute Gasteiger partial charge is 0.318 e. The molecule has 0 aromatic heterocycles. The summed E-state index contributed by atoms with van der Waals surface area (Å²) < 4.78 is 0. The quantitative estimate of drug-likeness (QED) is 0.663. The van der Waals surface area contributed by atoms with E-state index >= 15 is 0 Å². The van der Waals surface area contributed by atoms with E-state index < -0.39 is 0 Å². The predicted molar refractivity (Wildman–Crippen MR) is 60.1 cm³/mol. The number of hydrogen-bond donors (Lipinski definition) is 2. The molecule has 0 aromatic carbocycles. The van der Waals surface area contributed by atoms with Gasteiger partial charge in [-0.25, -0.2) is 0 Å². The molecule has 0 heterocycles. The van der Waals surface area contributed by atoms with Crippen molar-refractivity contribution in [2.24, 2.45) is 5.41 Å². The van der Waals surface area contributed by atoms with Gasteiger partial charge in [0.2, 0.25) is 0 Å². The summed E-state index contributed by atoms with van der Waals surface area (Å²) in [7, 11) is 1.99. The normalized spacial score (nSPS) is 13.4. The van der Waals surface area contributed by atoms with Crippen molar-refractivity contribution in [3.05, 3.63) is 0 Å². The minimum absolute atomic E-state index is 0.196. The van der Waals surface area contributed by atoms with Crippen molar-refractivity contribution in [2.75, 3.05) is 20.1 Å². The van der Waals surface area contributed by atoms with E-state index in [-0.39, 0.29) is 5.54 Å². The Bertz CT molecular complexity index is 139. The maximum absolute atomic E-state index is 3.59. The molecule has 2 nitrogen and oxygen atoms in total. The van der Waals surface area contributed by atoms with Crippen LogP contribution in [0.5, 0.6) is 0 Å². The summed E-state index contributed by atoms with van der Waals surface area (Å²) in [6.07, 6.45) is 1.22. The summed E-state index contributed by atoms with van der Waals surface area (Å²) >= 11 is 0. The van der Waals surface area contributed by atoms with Crippen LogP contribution >= 0.6 is 0 Å². The fourth-order valence-electron chi connectivity index (χ4n) is 1.11. The summed E-state index contributed by atoms with van der Waals surface area (Å²) in [5, 5.41) is 6.79. The monoisotopic (exact) mass is 186 g/mol. The first-order valence-corrected chi connectivity index (χ1v) is 5.22. The molecule has 13 heavy (non-hydrogen) atoms. The predicted octanol–water partition coefficient (Wildman–Crippen LogP) is 2.01. The van der Waals surface area contributed by atoms with Gasteiger partial charge in [0.1, 0.15) is 0 Å². The van der Waals surface area contributed by atoms with Crippen LogP contribution in [0.2, 0.25) is 0 Å². The first-order chi connectivity index (χ1) is 5.83.